The van der Waals surface area contributed by atoms with E-state index in [1.165, 1.54) is 6.07 Å². The number of anilines is 1. The minimum atomic E-state index is -0.772. The van der Waals surface area contributed by atoms with Crippen molar-refractivity contribution in [1.29, 1.82) is 0 Å². The fourth-order valence-corrected chi connectivity index (χ4v) is 4.88. The molecule has 176 valence electrons. The Morgan fingerprint density at radius 2 is 1.94 bits per heavy atom. The Morgan fingerprint density at radius 1 is 1.12 bits per heavy atom. The lowest BCUT2D eigenvalue weighted by Gasteiger charge is -2.37. The molecular weight excluding hydrogens is 423 g/mol. The van der Waals surface area contributed by atoms with E-state index in [9.17, 15) is 14.0 Å². The van der Waals surface area contributed by atoms with Crippen molar-refractivity contribution in [3.05, 3.63) is 54.1 Å². The highest BCUT2D eigenvalue weighted by Crippen LogP contribution is 2.37. The van der Waals surface area contributed by atoms with Gasteiger partial charge in [0.2, 0.25) is 11.8 Å². The number of nitrogens with one attached hydrogen (secondary N) is 1. The van der Waals surface area contributed by atoms with Crippen LogP contribution in [0.2, 0.25) is 0 Å². The summed E-state index contributed by atoms with van der Waals surface area (Å²) in [6, 6.07) is 10.3. The number of para-hydroxylation sites is 2. The summed E-state index contributed by atoms with van der Waals surface area (Å²) in [5, 5.41) is 3.10. The molecule has 0 bridgehead atoms. The molecule has 2 aliphatic heterocycles. The molecule has 1 aromatic heterocycles. The number of fused-ring (bicyclic) bond motifs is 1. The van der Waals surface area contributed by atoms with Crippen LogP contribution in [0.25, 0.3) is 0 Å². The zero-order valence-electron chi connectivity index (χ0n) is 19.1. The van der Waals surface area contributed by atoms with Gasteiger partial charge in [0, 0.05) is 26.2 Å². The van der Waals surface area contributed by atoms with Gasteiger partial charge in [-0.05, 0) is 62.9 Å². The van der Waals surface area contributed by atoms with Crippen LogP contribution in [0, 0.1) is 5.82 Å². The van der Waals surface area contributed by atoms with Gasteiger partial charge in [-0.2, -0.15) is 0 Å². The SMILES string of the molecule is CC(=O)N1CCCC[C@]2(CCCN2Cc2ncccc2F)C(=O)Nc2ccccc2OCC1. The largest absolute Gasteiger partial charge is 0.490 e. The summed E-state index contributed by atoms with van der Waals surface area (Å²) < 4.78 is 20.3. The number of benzene rings is 1. The second-order valence-electron chi connectivity index (χ2n) is 8.75. The predicted octanol–water partition coefficient (Wildman–Crippen LogP) is 3.61. The number of amides is 2. The normalized spacial score (nSPS) is 22.5. The molecule has 0 unspecified atom stereocenters. The first-order chi connectivity index (χ1) is 16.0. The van der Waals surface area contributed by atoms with E-state index in [1.54, 1.807) is 24.1 Å². The van der Waals surface area contributed by atoms with Gasteiger partial charge < -0.3 is 15.0 Å². The van der Waals surface area contributed by atoms with Crippen LogP contribution in [-0.4, -0.2) is 58.4 Å². The van der Waals surface area contributed by atoms with Crippen molar-refractivity contribution in [1.82, 2.24) is 14.8 Å². The smallest absolute Gasteiger partial charge is 0.245 e. The van der Waals surface area contributed by atoms with Gasteiger partial charge in [-0.25, -0.2) is 4.39 Å². The van der Waals surface area contributed by atoms with Gasteiger partial charge in [0.25, 0.3) is 0 Å². The fourth-order valence-electron chi connectivity index (χ4n) is 4.88. The zero-order valence-corrected chi connectivity index (χ0v) is 19.1. The van der Waals surface area contributed by atoms with E-state index in [0.717, 1.165) is 19.3 Å². The van der Waals surface area contributed by atoms with Gasteiger partial charge in [0.05, 0.1) is 17.9 Å². The zero-order chi connectivity index (χ0) is 23.3. The predicted molar refractivity (Wildman–Crippen MR) is 123 cm³/mol. The Balaban J connectivity index is 1.64. The molecule has 1 N–H and O–H groups in total. The Morgan fingerprint density at radius 3 is 2.76 bits per heavy atom. The molecule has 1 atom stereocenters. The quantitative estimate of drug-likeness (QED) is 0.751. The number of rotatable bonds is 2. The number of pyridine rings is 1. The first kappa shape index (κ1) is 23.2. The monoisotopic (exact) mass is 454 g/mol. The second-order valence-corrected chi connectivity index (χ2v) is 8.75. The third kappa shape index (κ3) is 5.16. The number of hydrogen-bond donors (Lipinski definition) is 1. The molecule has 1 saturated heterocycles. The van der Waals surface area contributed by atoms with Crippen molar-refractivity contribution in [2.24, 2.45) is 0 Å². The van der Waals surface area contributed by atoms with E-state index >= 15 is 0 Å². The van der Waals surface area contributed by atoms with E-state index in [2.05, 4.69) is 15.2 Å². The molecule has 2 aromatic rings. The van der Waals surface area contributed by atoms with Crippen molar-refractivity contribution in [3.8, 4) is 5.75 Å². The van der Waals surface area contributed by atoms with Crippen LogP contribution in [0.5, 0.6) is 5.75 Å². The van der Waals surface area contributed by atoms with Crippen molar-refractivity contribution in [2.45, 2.75) is 51.1 Å². The average Bonchev–Trinajstić information content (AvgIpc) is 3.21. The molecular formula is C25H31FN4O3. The minimum absolute atomic E-state index is 0.0128. The standard InChI is InChI=1S/C25H31FN4O3/c1-19(31)29-14-5-4-11-25(12-7-15-30(25)18-22-20(26)8-6-13-27-22)24(32)28-21-9-2-3-10-23(21)33-17-16-29/h2-3,6,8-10,13H,4-5,7,11-12,14-18H2,1H3,(H,28,32)/t25-/m0/s1. The van der Waals surface area contributed by atoms with Crippen molar-refractivity contribution in [3.63, 3.8) is 0 Å². The first-order valence-electron chi connectivity index (χ1n) is 11.6. The van der Waals surface area contributed by atoms with Crippen LogP contribution in [0.4, 0.5) is 10.1 Å². The van der Waals surface area contributed by atoms with Gasteiger partial charge in [0.1, 0.15) is 23.7 Å². The lowest BCUT2D eigenvalue weighted by atomic mass is 9.88. The maximum atomic E-state index is 14.4. The molecule has 2 amide bonds. The Hall–Kier alpha value is -3.00. The Kier molecular flexibility index (Phi) is 7.23. The third-order valence-electron chi connectivity index (χ3n) is 6.69. The summed E-state index contributed by atoms with van der Waals surface area (Å²) in [7, 11) is 0. The van der Waals surface area contributed by atoms with Crippen molar-refractivity contribution >= 4 is 17.5 Å². The number of hydrogen-bond acceptors (Lipinski definition) is 5. The average molecular weight is 455 g/mol. The highest BCUT2D eigenvalue weighted by molar-refractivity contribution is 5.99. The van der Waals surface area contributed by atoms with Crippen LogP contribution in [0.1, 0.15) is 44.7 Å². The molecule has 4 rings (SSSR count). The van der Waals surface area contributed by atoms with Gasteiger partial charge in [-0.15, -0.1) is 0 Å². The van der Waals surface area contributed by atoms with Crippen LogP contribution < -0.4 is 10.1 Å². The summed E-state index contributed by atoms with van der Waals surface area (Å²) in [6.07, 6.45) is 5.30. The molecule has 7 nitrogen and oxygen atoms in total. The van der Waals surface area contributed by atoms with Crippen LogP contribution >= 0.6 is 0 Å². The summed E-state index contributed by atoms with van der Waals surface area (Å²) >= 11 is 0. The van der Waals surface area contributed by atoms with E-state index in [1.807, 2.05) is 24.3 Å². The summed E-state index contributed by atoms with van der Waals surface area (Å²) in [5.74, 6) is 0.123. The molecule has 3 heterocycles. The summed E-state index contributed by atoms with van der Waals surface area (Å²) in [6.45, 7) is 4.00. The highest BCUT2D eigenvalue weighted by Gasteiger charge is 2.47. The lowest BCUT2D eigenvalue weighted by molar-refractivity contribution is -0.130. The Labute approximate surface area is 193 Å². The van der Waals surface area contributed by atoms with Gasteiger partial charge in [-0.3, -0.25) is 19.5 Å². The number of carbonyl (C=O) groups excluding carboxylic acids is 2. The van der Waals surface area contributed by atoms with Gasteiger partial charge >= 0.3 is 0 Å². The van der Waals surface area contributed by atoms with E-state index in [-0.39, 0.29) is 24.2 Å². The Bertz CT molecular complexity index is 1000. The van der Waals surface area contributed by atoms with Crippen LogP contribution in [0.3, 0.4) is 0 Å². The van der Waals surface area contributed by atoms with Gasteiger partial charge in [-0.1, -0.05) is 12.1 Å². The molecule has 1 aromatic carbocycles. The second kappa shape index (κ2) is 10.3. The number of nitrogens with zero attached hydrogens (tertiary/aromatic N) is 3. The molecule has 0 saturated carbocycles. The number of ether oxygens (including phenoxy) is 1. The van der Waals surface area contributed by atoms with Crippen molar-refractivity contribution < 1.29 is 18.7 Å². The molecule has 0 radical (unpaired) electrons. The molecule has 0 aliphatic carbocycles. The number of aromatic nitrogens is 1. The molecule has 2 aliphatic rings. The molecule has 33 heavy (non-hydrogen) atoms. The van der Waals surface area contributed by atoms with E-state index in [4.69, 9.17) is 4.74 Å². The van der Waals surface area contributed by atoms with Gasteiger partial charge in [0.15, 0.2) is 0 Å². The maximum Gasteiger partial charge on any atom is 0.245 e. The third-order valence-corrected chi connectivity index (χ3v) is 6.69. The summed E-state index contributed by atoms with van der Waals surface area (Å²) in [4.78, 5) is 33.9. The number of likely N-dealkylation sites (tertiary alicyclic amines) is 1. The molecule has 1 spiro atoms. The fraction of sp³-hybridized carbons (Fsp3) is 0.480. The summed E-state index contributed by atoms with van der Waals surface area (Å²) in [5.41, 5.74) is 0.180. The van der Waals surface area contributed by atoms with E-state index in [0.29, 0.717) is 56.2 Å². The lowest BCUT2D eigenvalue weighted by Crippen LogP contribution is -2.53. The first-order valence-corrected chi connectivity index (χ1v) is 11.6. The maximum absolute atomic E-state index is 14.4. The van der Waals surface area contributed by atoms with Crippen LogP contribution in [-0.2, 0) is 16.1 Å². The number of halogens is 1. The van der Waals surface area contributed by atoms with E-state index < -0.39 is 5.54 Å². The minimum Gasteiger partial charge on any atom is -0.490 e. The highest BCUT2D eigenvalue weighted by atomic mass is 19.1. The number of carbonyl (C=O) groups is 2. The topological polar surface area (TPSA) is 74.8 Å². The van der Waals surface area contributed by atoms with Crippen LogP contribution in [0.15, 0.2) is 42.6 Å². The molecule has 8 heteroatoms. The molecule has 1 fully saturated rings. The van der Waals surface area contributed by atoms with Crippen molar-refractivity contribution in [2.75, 3.05) is 31.6 Å².